The maximum atomic E-state index is 4.35. The molecule has 0 radical (unpaired) electrons. The molecule has 1 aromatic rings. The molecule has 2 heterocycles. The first-order valence-corrected chi connectivity index (χ1v) is 7.15. The molecule has 1 aliphatic rings. The highest BCUT2D eigenvalue weighted by Crippen LogP contribution is 2.18. The molecule has 0 spiro atoms. The minimum absolute atomic E-state index is 0.549. The third-order valence-corrected chi connectivity index (χ3v) is 3.77. The van der Waals surface area contributed by atoms with Crippen LogP contribution in [-0.2, 0) is 6.54 Å². The summed E-state index contributed by atoms with van der Waals surface area (Å²) in [4.78, 5) is 4.65. The van der Waals surface area contributed by atoms with Crippen molar-refractivity contribution in [3.05, 3.63) is 17.8 Å². The van der Waals surface area contributed by atoms with Gasteiger partial charge in [-0.25, -0.2) is 0 Å². The summed E-state index contributed by atoms with van der Waals surface area (Å²) >= 11 is 0. The molecule has 5 nitrogen and oxygen atoms in total. The molecule has 5 heteroatoms. The number of likely N-dealkylation sites (tertiary alicyclic amines) is 1. The lowest BCUT2D eigenvalue weighted by Crippen LogP contribution is -2.45. The van der Waals surface area contributed by atoms with Crippen LogP contribution in [0.5, 0.6) is 0 Å². The second kappa shape index (κ2) is 6.82. The number of hydrogen-bond donors (Lipinski definition) is 1. The van der Waals surface area contributed by atoms with Gasteiger partial charge < -0.3 is 15.1 Å². The number of likely N-dealkylation sites (N-methyl/N-ethyl adjacent to an activating group) is 2. The van der Waals surface area contributed by atoms with Crippen LogP contribution in [0.3, 0.4) is 0 Å². The number of nitrogens with zero attached hydrogens (tertiary/aromatic N) is 4. The lowest BCUT2D eigenvalue weighted by atomic mass is 10.1. The zero-order valence-electron chi connectivity index (χ0n) is 12.3. The number of aromatic nitrogens is 2. The summed E-state index contributed by atoms with van der Waals surface area (Å²) in [5.41, 5.74) is 1.000. The molecule has 1 aliphatic heterocycles. The fourth-order valence-corrected chi connectivity index (χ4v) is 2.53. The van der Waals surface area contributed by atoms with Gasteiger partial charge in [-0.1, -0.05) is 6.92 Å². The fraction of sp³-hybridized carbons (Fsp3) is 0.714. The molecule has 0 saturated carbocycles. The third kappa shape index (κ3) is 3.88. The fourth-order valence-electron chi connectivity index (χ4n) is 2.53. The average Bonchev–Trinajstić information content (AvgIpc) is 2.45. The topological polar surface area (TPSA) is 44.3 Å². The molecule has 1 fully saturated rings. The smallest absolute Gasteiger partial charge is 0.151 e. The maximum absolute atomic E-state index is 4.35. The average molecular weight is 263 g/mol. The van der Waals surface area contributed by atoms with E-state index in [1.807, 2.05) is 0 Å². The predicted molar refractivity (Wildman–Crippen MR) is 78.3 cm³/mol. The van der Waals surface area contributed by atoms with E-state index in [2.05, 4.69) is 58.5 Å². The van der Waals surface area contributed by atoms with Crippen LogP contribution in [0, 0.1) is 0 Å². The van der Waals surface area contributed by atoms with Crippen LogP contribution in [0.4, 0.5) is 5.82 Å². The molecule has 0 aromatic carbocycles. The van der Waals surface area contributed by atoms with Crippen molar-refractivity contribution in [2.45, 2.75) is 32.4 Å². The van der Waals surface area contributed by atoms with E-state index >= 15 is 0 Å². The molecule has 1 N–H and O–H groups in total. The summed E-state index contributed by atoms with van der Waals surface area (Å²) in [5, 5.41) is 11.9. The van der Waals surface area contributed by atoms with E-state index in [-0.39, 0.29) is 0 Å². The Morgan fingerprint density at radius 2 is 2.26 bits per heavy atom. The molecule has 1 unspecified atom stereocenters. The largest absolute Gasteiger partial charge is 0.354 e. The first kappa shape index (κ1) is 14.2. The van der Waals surface area contributed by atoms with Crippen LogP contribution in [-0.4, -0.2) is 54.9 Å². The predicted octanol–water partition coefficient (Wildman–Crippen LogP) is 1.12. The summed E-state index contributed by atoms with van der Waals surface area (Å²) in [6.07, 6.45) is 2.50. The number of nitrogens with one attached hydrogen (secondary N) is 1. The monoisotopic (exact) mass is 263 g/mol. The maximum Gasteiger partial charge on any atom is 0.151 e. The second-order valence-electron chi connectivity index (χ2n) is 5.33. The zero-order chi connectivity index (χ0) is 13.7. The van der Waals surface area contributed by atoms with Crippen molar-refractivity contribution >= 4 is 5.82 Å². The summed E-state index contributed by atoms with van der Waals surface area (Å²) in [7, 11) is 4.31. The highest BCUT2D eigenvalue weighted by molar-refractivity contribution is 5.37. The van der Waals surface area contributed by atoms with Gasteiger partial charge in [-0.3, -0.25) is 0 Å². The number of piperidine rings is 1. The van der Waals surface area contributed by atoms with Gasteiger partial charge in [0, 0.05) is 26.2 Å². The first-order chi connectivity index (χ1) is 9.20. The molecule has 19 heavy (non-hydrogen) atoms. The number of rotatable bonds is 5. The van der Waals surface area contributed by atoms with Gasteiger partial charge in [-0.15, -0.1) is 5.10 Å². The summed E-state index contributed by atoms with van der Waals surface area (Å²) in [6.45, 7) is 6.15. The van der Waals surface area contributed by atoms with E-state index in [9.17, 15) is 0 Å². The van der Waals surface area contributed by atoms with E-state index in [4.69, 9.17) is 0 Å². The molecule has 1 saturated heterocycles. The first-order valence-electron chi connectivity index (χ1n) is 7.15. The van der Waals surface area contributed by atoms with E-state index < -0.39 is 0 Å². The van der Waals surface area contributed by atoms with Crippen molar-refractivity contribution in [2.75, 3.05) is 38.6 Å². The Labute approximate surface area is 116 Å². The Bertz CT molecular complexity index is 378. The molecule has 0 bridgehead atoms. The molecule has 1 atom stereocenters. The van der Waals surface area contributed by atoms with Gasteiger partial charge in [0.2, 0.25) is 0 Å². The Morgan fingerprint density at radius 1 is 1.42 bits per heavy atom. The minimum Gasteiger partial charge on any atom is -0.354 e. The van der Waals surface area contributed by atoms with Gasteiger partial charge in [-0.05, 0) is 45.1 Å². The highest BCUT2D eigenvalue weighted by atomic mass is 15.3. The molecule has 0 aliphatic carbocycles. The lowest BCUT2D eigenvalue weighted by molar-refractivity contribution is 0.247. The number of hydrogen-bond acceptors (Lipinski definition) is 5. The van der Waals surface area contributed by atoms with Crippen molar-refractivity contribution in [1.29, 1.82) is 0 Å². The molecule has 2 rings (SSSR count). The third-order valence-electron chi connectivity index (χ3n) is 3.77. The standard InChI is InChI=1S/C14H25N5/c1-4-15-10-12-7-8-14(17-16-12)19(3)13-6-5-9-18(2)11-13/h7-8,13,15H,4-6,9-11H2,1-3H3. The molecule has 1 aromatic heterocycles. The van der Waals surface area contributed by atoms with Gasteiger partial charge in [0.25, 0.3) is 0 Å². The Kier molecular flexibility index (Phi) is 5.10. The quantitative estimate of drug-likeness (QED) is 0.862. The van der Waals surface area contributed by atoms with E-state index in [0.717, 1.165) is 31.1 Å². The minimum atomic E-state index is 0.549. The normalized spacial score (nSPS) is 20.5. The van der Waals surface area contributed by atoms with Crippen LogP contribution >= 0.6 is 0 Å². The van der Waals surface area contributed by atoms with Crippen LogP contribution in [0.1, 0.15) is 25.5 Å². The highest BCUT2D eigenvalue weighted by Gasteiger charge is 2.22. The van der Waals surface area contributed by atoms with Crippen LogP contribution < -0.4 is 10.2 Å². The van der Waals surface area contributed by atoms with E-state index in [1.54, 1.807) is 0 Å². The van der Waals surface area contributed by atoms with Crippen molar-refractivity contribution in [3.8, 4) is 0 Å². The van der Waals surface area contributed by atoms with Gasteiger partial charge in [0.1, 0.15) is 0 Å². The Balaban J connectivity index is 1.96. The summed E-state index contributed by atoms with van der Waals surface area (Å²) < 4.78 is 0. The van der Waals surface area contributed by atoms with Gasteiger partial charge in [0.05, 0.1) is 5.69 Å². The van der Waals surface area contributed by atoms with Crippen LogP contribution in [0.2, 0.25) is 0 Å². The zero-order valence-corrected chi connectivity index (χ0v) is 12.3. The van der Waals surface area contributed by atoms with Crippen molar-refractivity contribution < 1.29 is 0 Å². The van der Waals surface area contributed by atoms with Crippen molar-refractivity contribution in [3.63, 3.8) is 0 Å². The van der Waals surface area contributed by atoms with Gasteiger partial charge >= 0.3 is 0 Å². The van der Waals surface area contributed by atoms with Gasteiger partial charge in [-0.2, -0.15) is 5.10 Å². The Hall–Kier alpha value is -1.20. The molecule has 0 amide bonds. The van der Waals surface area contributed by atoms with Crippen molar-refractivity contribution in [1.82, 2.24) is 20.4 Å². The van der Waals surface area contributed by atoms with Crippen LogP contribution in [0.25, 0.3) is 0 Å². The molecular formula is C14H25N5. The Morgan fingerprint density at radius 3 is 2.89 bits per heavy atom. The molecule has 106 valence electrons. The lowest BCUT2D eigenvalue weighted by Gasteiger charge is -2.36. The summed E-state index contributed by atoms with van der Waals surface area (Å²) in [6, 6.07) is 4.69. The number of anilines is 1. The molecular weight excluding hydrogens is 238 g/mol. The van der Waals surface area contributed by atoms with Gasteiger partial charge in [0.15, 0.2) is 5.82 Å². The van der Waals surface area contributed by atoms with Crippen molar-refractivity contribution in [2.24, 2.45) is 0 Å². The summed E-state index contributed by atoms with van der Waals surface area (Å²) in [5.74, 6) is 0.973. The van der Waals surface area contributed by atoms with E-state index in [1.165, 1.54) is 19.4 Å². The van der Waals surface area contributed by atoms with Crippen LogP contribution in [0.15, 0.2) is 12.1 Å². The van der Waals surface area contributed by atoms with E-state index in [0.29, 0.717) is 6.04 Å². The SMILES string of the molecule is CCNCc1ccc(N(C)C2CCCN(C)C2)nn1. The second-order valence-corrected chi connectivity index (χ2v) is 5.33.